The van der Waals surface area contributed by atoms with E-state index in [0.717, 1.165) is 25.3 Å². The summed E-state index contributed by atoms with van der Waals surface area (Å²) in [6.07, 6.45) is 2.05. The Hall–Kier alpha value is -1.53. The Kier molecular flexibility index (Phi) is 7.41. The van der Waals surface area contributed by atoms with E-state index in [0.29, 0.717) is 13.1 Å². The van der Waals surface area contributed by atoms with Gasteiger partial charge in [0.25, 0.3) is 0 Å². The Morgan fingerprint density at radius 2 is 2.23 bits per heavy atom. The molecule has 1 unspecified atom stereocenters. The summed E-state index contributed by atoms with van der Waals surface area (Å²) in [7, 11) is 0. The number of carbonyl (C=O) groups excluding carboxylic acids is 1. The fourth-order valence-electron chi connectivity index (χ4n) is 2.21. The van der Waals surface area contributed by atoms with Gasteiger partial charge >= 0.3 is 6.09 Å². The molecule has 0 aliphatic carbocycles. The maximum Gasteiger partial charge on any atom is 0.407 e. The van der Waals surface area contributed by atoms with Gasteiger partial charge in [-0.3, -0.25) is 4.90 Å². The molecule has 1 aromatic rings. The predicted octanol–water partition coefficient (Wildman–Crippen LogP) is 2.34. The van der Waals surface area contributed by atoms with Crippen LogP contribution in [0, 0.1) is 0 Å². The van der Waals surface area contributed by atoms with Crippen LogP contribution in [-0.2, 0) is 11.3 Å². The molecule has 6 nitrogen and oxygen atoms in total. The van der Waals surface area contributed by atoms with Crippen LogP contribution in [0.5, 0.6) is 0 Å². The highest BCUT2D eigenvalue weighted by Crippen LogP contribution is 2.11. The van der Waals surface area contributed by atoms with Crippen molar-refractivity contribution < 1.29 is 13.9 Å². The van der Waals surface area contributed by atoms with E-state index in [1.54, 1.807) is 6.26 Å². The number of amides is 1. The van der Waals surface area contributed by atoms with Crippen molar-refractivity contribution in [2.75, 3.05) is 19.6 Å². The minimum Gasteiger partial charge on any atom is -0.468 e. The molecule has 6 heteroatoms. The molecule has 1 heterocycles. The molecule has 0 saturated carbocycles. The summed E-state index contributed by atoms with van der Waals surface area (Å²) in [5.41, 5.74) is 5.40. The smallest absolute Gasteiger partial charge is 0.407 e. The lowest BCUT2D eigenvalue weighted by molar-refractivity contribution is 0.0521. The van der Waals surface area contributed by atoms with Gasteiger partial charge in [-0.15, -0.1) is 0 Å². The summed E-state index contributed by atoms with van der Waals surface area (Å²) in [5.74, 6) is 0.917. The van der Waals surface area contributed by atoms with E-state index < -0.39 is 11.7 Å². The van der Waals surface area contributed by atoms with Crippen molar-refractivity contribution in [3.63, 3.8) is 0 Å². The number of nitrogens with zero attached hydrogens (tertiary/aromatic N) is 1. The van der Waals surface area contributed by atoms with E-state index in [4.69, 9.17) is 14.9 Å². The summed E-state index contributed by atoms with van der Waals surface area (Å²) in [6.45, 7) is 10.3. The molecular formula is C16H29N3O3. The molecule has 0 bridgehead atoms. The lowest BCUT2D eigenvalue weighted by atomic mass is 10.1. The zero-order valence-electron chi connectivity index (χ0n) is 14.1. The van der Waals surface area contributed by atoms with Gasteiger partial charge < -0.3 is 20.2 Å². The van der Waals surface area contributed by atoms with Crippen molar-refractivity contribution in [1.29, 1.82) is 0 Å². The quantitative estimate of drug-likeness (QED) is 0.770. The molecular weight excluding hydrogens is 282 g/mol. The van der Waals surface area contributed by atoms with Gasteiger partial charge in [0, 0.05) is 19.1 Å². The lowest BCUT2D eigenvalue weighted by Gasteiger charge is -2.29. The van der Waals surface area contributed by atoms with Crippen LogP contribution in [0.4, 0.5) is 4.79 Å². The Morgan fingerprint density at radius 3 is 2.73 bits per heavy atom. The van der Waals surface area contributed by atoms with Crippen molar-refractivity contribution >= 4 is 6.09 Å². The first-order valence-electron chi connectivity index (χ1n) is 7.79. The summed E-state index contributed by atoms with van der Waals surface area (Å²) < 4.78 is 10.6. The minimum absolute atomic E-state index is 0.185. The summed E-state index contributed by atoms with van der Waals surface area (Å²) in [4.78, 5) is 13.9. The van der Waals surface area contributed by atoms with E-state index in [1.165, 1.54) is 0 Å². The van der Waals surface area contributed by atoms with Gasteiger partial charge in [-0.05, 0) is 45.9 Å². The number of rotatable bonds is 8. The average molecular weight is 311 g/mol. The summed E-state index contributed by atoms with van der Waals surface area (Å²) in [5, 5.41) is 2.78. The van der Waals surface area contributed by atoms with Crippen molar-refractivity contribution in [2.24, 2.45) is 5.73 Å². The molecule has 3 N–H and O–H groups in total. The third-order valence-electron chi connectivity index (χ3n) is 3.28. The molecule has 0 aromatic carbocycles. The van der Waals surface area contributed by atoms with Crippen LogP contribution in [0.3, 0.4) is 0 Å². The molecule has 1 atom stereocenters. The van der Waals surface area contributed by atoms with Crippen LogP contribution in [0.15, 0.2) is 22.8 Å². The van der Waals surface area contributed by atoms with E-state index in [2.05, 4.69) is 17.1 Å². The number of nitrogens with one attached hydrogen (secondary N) is 1. The number of hydrogen-bond donors (Lipinski definition) is 2. The molecule has 1 amide bonds. The first-order valence-corrected chi connectivity index (χ1v) is 7.79. The highest BCUT2D eigenvalue weighted by Gasteiger charge is 2.19. The van der Waals surface area contributed by atoms with Crippen molar-refractivity contribution in [1.82, 2.24) is 10.2 Å². The van der Waals surface area contributed by atoms with Crippen molar-refractivity contribution in [2.45, 2.75) is 52.3 Å². The predicted molar refractivity (Wildman–Crippen MR) is 86.5 cm³/mol. The lowest BCUT2D eigenvalue weighted by Crippen LogP contribution is -2.43. The average Bonchev–Trinajstić information content (AvgIpc) is 2.92. The van der Waals surface area contributed by atoms with Gasteiger partial charge in [0.05, 0.1) is 12.8 Å². The Morgan fingerprint density at radius 1 is 1.50 bits per heavy atom. The minimum atomic E-state index is -0.480. The molecule has 0 spiro atoms. The van der Waals surface area contributed by atoms with Crippen molar-refractivity contribution in [3.05, 3.63) is 24.2 Å². The molecule has 0 aliphatic heterocycles. The van der Waals surface area contributed by atoms with Gasteiger partial charge in [0.1, 0.15) is 11.4 Å². The van der Waals surface area contributed by atoms with E-state index in [9.17, 15) is 4.79 Å². The van der Waals surface area contributed by atoms with E-state index in [-0.39, 0.29) is 6.04 Å². The van der Waals surface area contributed by atoms with Crippen LogP contribution < -0.4 is 11.1 Å². The zero-order chi connectivity index (χ0) is 16.6. The van der Waals surface area contributed by atoms with Gasteiger partial charge in [-0.2, -0.15) is 0 Å². The second-order valence-electron chi connectivity index (χ2n) is 6.25. The van der Waals surface area contributed by atoms with E-state index >= 15 is 0 Å². The largest absolute Gasteiger partial charge is 0.468 e. The third kappa shape index (κ3) is 6.95. The number of likely N-dealkylation sites (N-methyl/N-ethyl adjacent to an activating group) is 1. The fourth-order valence-corrected chi connectivity index (χ4v) is 2.21. The monoisotopic (exact) mass is 311 g/mol. The van der Waals surface area contributed by atoms with Gasteiger partial charge in [-0.25, -0.2) is 4.79 Å². The van der Waals surface area contributed by atoms with Crippen LogP contribution in [0.25, 0.3) is 0 Å². The van der Waals surface area contributed by atoms with Crippen LogP contribution >= 0.6 is 0 Å². The van der Waals surface area contributed by atoms with E-state index in [1.807, 2.05) is 32.9 Å². The fraction of sp³-hybridized carbons (Fsp3) is 0.688. The first-order chi connectivity index (χ1) is 10.4. The molecule has 0 aliphatic rings. The number of hydrogen-bond acceptors (Lipinski definition) is 5. The molecule has 0 saturated heterocycles. The van der Waals surface area contributed by atoms with Gasteiger partial charge in [0.2, 0.25) is 0 Å². The second-order valence-corrected chi connectivity index (χ2v) is 6.25. The van der Waals surface area contributed by atoms with Crippen LogP contribution in [0.1, 0.15) is 39.9 Å². The number of alkyl carbamates (subject to hydrolysis) is 1. The topological polar surface area (TPSA) is 80.7 Å². The number of nitrogens with two attached hydrogens (primary N) is 1. The first kappa shape index (κ1) is 18.5. The maximum absolute atomic E-state index is 11.6. The Labute approximate surface area is 133 Å². The zero-order valence-corrected chi connectivity index (χ0v) is 14.1. The standard InChI is InChI=1S/C16H29N3O3/c1-5-19(12-14-7-6-10-21-14)13(11-17)8-9-18-15(20)22-16(2,3)4/h6-7,10,13H,5,8-9,11-12,17H2,1-4H3,(H,18,20). The van der Waals surface area contributed by atoms with Gasteiger partial charge in [0.15, 0.2) is 0 Å². The highest BCUT2D eigenvalue weighted by molar-refractivity contribution is 5.67. The van der Waals surface area contributed by atoms with Crippen molar-refractivity contribution in [3.8, 4) is 0 Å². The highest BCUT2D eigenvalue weighted by atomic mass is 16.6. The molecule has 1 aromatic heterocycles. The molecule has 0 radical (unpaired) electrons. The summed E-state index contributed by atoms with van der Waals surface area (Å²) >= 11 is 0. The number of furan rings is 1. The normalized spacial score (nSPS) is 13.2. The Bertz CT molecular complexity index is 426. The SMILES string of the molecule is CCN(Cc1ccco1)C(CN)CCNC(=O)OC(C)(C)C. The van der Waals surface area contributed by atoms with Gasteiger partial charge in [-0.1, -0.05) is 6.92 Å². The molecule has 1 rings (SSSR count). The summed E-state index contributed by atoms with van der Waals surface area (Å²) in [6, 6.07) is 4.02. The second kappa shape index (κ2) is 8.80. The molecule has 0 fully saturated rings. The number of carbonyl (C=O) groups is 1. The van der Waals surface area contributed by atoms with Crippen LogP contribution in [-0.4, -0.2) is 42.3 Å². The number of ether oxygens (including phenoxy) is 1. The van der Waals surface area contributed by atoms with Crippen LogP contribution in [0.2, 0.25) is 0 Å². The molecule has 126 valence electrons. The molecule has 22 heavy (non-hydrogen) atoms. The maximum atomic E-state index is 11.6. The third-order valence-corrected chi connectivity index (χ3v) is 3.28. The Balaban J connectivity index is 2.41.